The summed E-state index contributed by atoms with van der Waals surface area (Å²) in [6, 6.07) is 7.52. The molecule has 3 rings (SSSR count). The molecule has 1 aromatic rings. The van der Waals surface area contributed by atoms with Crippen LogP contribution in [0.3, 0.4) is 0 Å². The number of ether oxygens (including phenoxy) is 2. The molecule has 2 heterocycles. The minimum Gasteiger partial charge on any atom is -0.485 e. The van der Waals surface area contributed by atoms with Gasteiger partial charge in [0.05, 0.1) is 0 Å². The molecule has 0 saturated carbocycles. The smallest absolute Gasteiger partial charge is 0.267 e. The van der Waals surface area contributed by atoms with E-state index in [2.05, 4.69) is 0 Å². The van der Waals surface area contributed by atoms with Crippen molar-refractivity contribution < 1.29 is 14.3 Å². The Kier molecular flexibility index (Phi) is 4.01. The lowest BCUT2D eigenvalue weighted by Crippen LogP contribution is -2.56. The molecule has 2 aliphatic heterocycles. The van der Waals surface area contributed by atoms with Gasteiger partial charge in [-0.3, -0.25) is 4.79 Å². The second kappa shape index (κ2) is 5.93. The average molecular weight is 290 g/mol. The van der Waals surface area contributed by atoms with Crippen molar-refractivity contribution in [2.75, 3.05) is 13.2 Å². The van der Waals surface area contributed by atoms with Crippen LogP contribution in [0, 0.1) is 0 Å². The van der Waals surface area contributed by atoms with Crippen LogP contribution in [-0.4, -0.2) is 42.1 Å². The summed E-state index contributed by atoms with van der Waals surface area (Å²) in [4.78, 5) is 14.6. The van der Waals surface area contributed by atoms with Crippen molar-refractivity contribution in [2.24, 2.45) is 5.73 Å². The molecular formula is C16H22N2O3. The highest BCUT2D eigenvalue weighted by molar-refractivity contribution is 5.82. The van der Waals surface area contributed by atoms with E-state index in [4.69, 9.17) is 15.2 Å². The van der Waals surface area contributed by atoms with Gasteiger partial charge in [0, 0.05) is 18.6 Å². The molecule has 0 spiro atoms. The SMILES string of the molecule is CC(N)C1CCCCN1C(=O)C1COc2ccccc2O1. The Morgan fingerprint density at radius 2 is 2.10 bits per heavy atom. The third-order valence-electron chi connectivity index (χ3n) is 4.22. The number of piperidine rings is 1. The lowest BCUT2D eigenvalue weighted by Gasteiger charge is -2.40. The van der Waals surface area contributed by atoms with E-state index >= 15 is 0 Å². The number of carbonyl (C=O) groups is 1. The normalized spacial score (nSPS) is 26.3. The maximum Gasteiger partial charge on any atom is 0.267 e. The van der Waals surface area contributed by atoms with Crippen molar-refractivity contribution in [3.05, 3.63) is 24.3 Å². The number of likely N-dealkylation sites (tertiary alicyclic amines) is 1. The Morgan fingerprint density at radius 3 is 2.86 bits per heavy atom. The van der Waals surface area contributed by atoms with E-state index in [1.54, 1.807) is 0 Å². The van der Waals surface area contributed by atoms with Gasteiger partial charge in [0.1, 0.15) is 6.61 Å². The molecular weight excluding hydrogens is 268 g/mol. The van der Waals surface area contributed by atoms with E-state index < -0.39 is 6.10 Å². The zero-order valence-corrected chi connectivity index (χ0v) is 12.3. The molecule has 1 fully saturated rings. The third kappa shape index (κ3) is 2.83. The molecule has 3 atom stereocenters. The lowest BCUT2D eigenvalue weighted by atomic mass is 9.96. The first-order valence-corrected chi connectivity index (χ1v) is 7.61. The molecule has 0 bridgehead atoms. The molecule has 1 amide bonds. The number of benzene rings is 1. The summed E-state index contributed by atoms with van der Waals surface area (Å²) in [5.74, 6) is 1.33. The summed E-state index contributed by atoms with van der Waals surface area (Å²) in [7, 11) is 0. The standard InChI is InChI=1S/C16H22N2O3/c1-11(17)12-6-4-5-9-18(12)16(19)15-10-20-13-7-2-3-8-14(13)21-15/h2-3,7-8,11-12,15H,4-6,9-10,17H2,1H3. The first kappa shape index (κ1) is 14.2. The van der Waals surface area contributed by atoms with Gasteiger partial charge < -0.3 is 20.1 Å². The van der Waals surface area contributed by atoms with Gasteiger partial charge in [0.2, 0.25) is 6.10 Å². The summed E-state index contributed by atoms with van der Waals surface area (Å²) in [5.41, 5.74) is 6.04. The van der Waals surface area contributed by atoms with Crippen LogP contribution in [0.15, 0.2) is 24.3 Å². The van der Waals surface area contributed by atoms with Gasteiger partial charge in [-0.05, 0) is 38.3 Å². The molecule has 21 heavy (non-hydrogen) atoms. The Hall–Kier alpha value is -1.75. The van der Waals surface area contributed by atoms with E-state index in [0.717, 1.165) is 25.8 Å². The highest BCUT2D eigenvalue weighted by Gasteiger charge is 2.36. The van der Waals surface area contributed by atoms with E-state index in [9.17, 15) is 4.79 Å². The van der Waals surface area contributed by atoms with Crippen molar-refractivity contribution in [1.82, 2.24) is 4.90 Å². The Morgan fingerprint density at radius 1 is 1.33 bits per heavy atom. The molecule has 114 valence electrons. The van der Waals surface area contributed by atoms with Crippen LogP contribution < -0.4 is 15.2 Å². The van der Waals surface area contributed by atoms with Gasteiger partial charge in [-0.2, -0.15) is 0 Å². The highest BCUT2D eigenvalue weighted by atomic mass is 16.6. The topological polar surface area (TPSA) is 64.8 Å². The van der Waals surface area contributed by atoms with Crippen molar-refractivity contribution in [2.45, 2.75) is 44.4 Å². The number of nitrogens with zero attached hydrogens (tertiary/aromatic N) is 1. The van der Waals surface area contributed by atoms with Gasteiger partial charge in [0.15, 0.2) is 11.5 Å². The van der Waals surface area contributed by atoms with E-state index in [-0.39, 0.29) is 24.6 Å². The number of amides is 1. The molecule has 3 unspecified atom stereocenters. The fourth-order valence-corrected chi connectivity index (χ4v) is 3.10. The van der Waals surface area contributed by atoms with Crippen LogP contribution in [0.2, 0.25) is 0 Å². The first-order valence-electron chi connectivity index (χ1n) is 7.61. The van der Waals surface area contributed by atoms with Gasteiger partial charge in [-0.1, -0.05) is 12.1 Å². The highest BCUT2D eigenvalue weighted by Crippen LogP contribution is 2.32. The Balaban J connectivity index is 1.73. The number of carbonyl (C=O) groups excluding carboxylic acids is 1. The number of nitrogens with two attached hydrogens (primary N) is 1. The number of fused-ring (bicyclic) bond motifs is 1. The van der Waals surface area contributed by atoms with Crippen LogP contribution in [-0.2, 0) is 4.79 Å². The molecule has 2 N–H and O–H groups in total. The second-order valence-corrected chi connectivity index (χ2v) is 5.82. The van der Waals surface area contributed by atoms with E-state index in [0.29, 0.717) is 11.5 Å². The molecule has 5 heteroatoms. The molecule has 0 aliphatic carbocycles. The summed E-state index contributed by atoms with van der Waals surface area (Å²) in [5, 5.41) is 0. The monoisotopic (exact) mass is 290 g/mol. The first-order chi connectivity index (χ1) is 10.2. The van der Waals surface area contributed by atoms with Crippen molar-refractivity contribution in [1.29, 1.82) is 0 Å². The van der Waals surface area contributed by atoms with E-state index in [1.807, 2.05) is 36.1 Å². The second-order valence-electron chi connectivity index (χ2n) is 5.82. The van der Waals surface area contributed by atoms with Crippen molar-refractivity contribution in [3.8, 4) is 11.5 Å². The fourth-order valence-electron chi connectivity index (χ4n) is 3.10. The molecule has 1 saturated heterocycles. The molecule has 5 nitrogen and oxygen atoms in total. The predicted octanol–water partition coefficient (Wildman–Crippen LogP) is 1.55. The van der Waals surface area contributed by atoms with Crippen LogP contribution in [0.25, 0.3) is 0 Å². The Labute approximate surface area is 125 Å². The average Bonchev–Trinajstić information content (AvgIpc) is 2.53. The number of rotatable bonds is 2. The van der Waals surface area contributed by atoms with Gasteiger partial charge in [0.25, 0.3) is 5.91 Å². The van der Waals surface area contributed by atoms with Crippen molar-refractivity contribution in [3.63, 3.8) is 0 Å². The maximum atomic E-state index is 12.7. The van der Waals surface area contributed by atoms with Crippen LogP contribution in [0.5, 0.6) is 11.5 Å². The number of hydrogen-bond acceptors (Lipinski definition) is 4. The van der Waals surface area contributed by atoms with Crippen molar-refractivity contribution >= 4 is 5.91 Å². The maximum absolute atomic E-state index is 12.7. The van der Waals surface area contributed by atoms with Gasteiger partial charge in [-0.25, -0.2) is 0 Å². The summed E-state index contributed by atoms with van der Waals surface area (Å²) >= 11 is 0. The molecule has 0 radical (unpaired) electrons. The number of para-hydroxylation sites is 2. The minimum atomic E-state index is -0.570. The van der Waals surface area contributed by atoms with Crippen LogP contribution in [0.1, 0.15) is 26.2 Å². The lowest BCUT2D eigenvalue weighted by molar-refractivity contribution is -0.145. The van der Waals surface area contributed by atoms with Gasteiger partial charge >= 0.3 is 0 Å². The summed E-state index contributed by atoms with van der Waals surface area (Å²) in [6.07, 6.45) is 2.55. The molecule has 2 aliphatic rings. The zero-order chi connectivity index (χ0) is 14.8. The fraction of sp³-hybridized carbons (Fsp3) is 0.562. The third-order valence-corrected chi connectivity index (χ3v) is 4.22. The van der Waals surface area contributed by atoms with Gasteiger partial charge in [-0.15, -0.1) is 0 Å². The number of hydrogen-bond donors (Lipinski definition) is 1. The van der Waals surface area contributed by atoms with Crippen LogP contribution >= 0.6 is 0 Å². The van der Waals surface area contributed by atoms with E-state index in [1.165, 1.54) is 0 Å². The summed E-state index contributed by atoms with van der Waals surface area (Å²) < 4.78 is 11.5. The quantitative estimate of drug-likeness (QED) is 0.897. The predicted molar refractivity (Wildman–Crippen MR) is 79.4 cm³/mol. The Bertz CT molecular complexity index is 518. The van der Waals surface area contributed by atoms with Crippen LogP contribution in [0.4, 0.5) is 0 Å². The minimum absolute atomic E-state index is 0.00787. The summed E-state index contributed by atoms with van der Waals surface area (Å²) in [6.45, 7) is 2.98. The zero-order valence-electron chi connectivity index (χ0n) is 12.3. The molecule has 0 aromatic heterocycles. The molecule has 1 aromatic carbocycles. The largest absolute Gasteiger partial charge is 0.485 e.